The molecule has 116 valence electrons. The standard InChI is InChI=1S/C17H25NO3/c1-2-3-4-7-10-21-12-16(20)18-17-14-9-6-5-8-13(14)11-15(17)19/h5-6,8-9,15,17,19H,2-4,7,10-12H2,1H3,(H,18,20). The molecule has 1 aliphatic rings. The predicted molar refractivity (Wildman–Crippen MR) is 82.0 cm³/mol. The van der Waals surface area contributed by atoms with E-state index < -0.39 is 6.10 Å². The van der Waals surface area contributed by atoms with Crippen LogP contribution in [0.5, 0.6) is 0 Å². The van der Waals surface area contributed by atoms with Crippen molar-refractivity contribution in [2.24, 2.45) is 0 Å². The number of rotatable bonds is 8. The Hall–Kier alpha value is -1.39. The van der Waals surface area contributed by atoms with Crippen LogP contribution in [0.1, 0.15) is 49.8 Å². The van der Waals surface area contributed by atoms with E-state index in [0.29, 0.717) is 13.0 Å². The van der Waals surface area contributed by atoms with Gasteiger partial charge in [-0.15, -0.1) is 0 Å². The van der Waals surface area contributed by atoms with Crippen molar-refractivity contribution in [1.82, 2.24) is 5.32 Å². The molecule has 1 aromatic rings. The minimum atomic E-state index is -0.545. The SMILES string of the molecule is CCCCCCOCC(=O)NC1c2ccccc2CC1O. The number of unbranched alkanes of at least 4 members (excludes halogenated alkanes) is 3. The van der Waals surface area contributed by atoms with E-state index in [1.54, 1.807) is 0 Å². The highest BCUT2D eigenvalue weighted by Gasteiger charge is 2.31. The van der Waals surface area contributed by atoms with Crippen LogP contribution in [0.2, 0.25) is 0 Å². The van der Waals surface area contributed by atoms with Gasteiger partial charge in [-0.25, -0.2) is 0 Å². The number of carbonyl (C=O) groups is 1. The Bertz CT molecular complexity index is 461. The fourth-order valence-electron chi connectivity index (χ4n) is 2.76. The van der Waals surface area contributed by atoms with Crippen molar-refractivity contribution in [3.63, 3.8) is 0 Å². The third-order valence-electron chi connectivity index (χ3n) is 3.90. The number of aliphatic hydroxyl groups is 1. The topological polar surface area (TPSA) is 58.6 Å². The second-order valence-electron chi connectivity index (χ2n) is 5.63. The number of carbonyl (C=O) groups excluding carboxylic acids is 1. The molecule has 0 aromatic heterocycles. The van der Waals surface area contributed by atoms with Gasteiger partial charge in [0.15, 0.2) is 0 Å². The van der Waals surface area contributed by atoms with Crippen molar-refractivity contribution in [3.05, 3.63) is 35.4 Å². The summed E-state index contributed by atoms with van der Waals surface area (Å²) in [5.74, 6) is -0.161. The lowest BCUT2D eigenvalue weighted by Crippen LogP contribution is -2.36. The van der Waals surface area contributed by atoms with Gasteiger partial charge in [0.2, 0.25) is 5.91 Å². The van der Waals surface area contributed by atoms with Crippen LogP contribution in [-0.2, 0) is 16.0 Å². The molecule has 0 aliphatic heterocycles. The first-order valence-electron chi connectivity index (χ1n) is 7.85. The zero-order chi connectivity index (χ0) is 15.1. The van der Waals surface area contributed by atoms with E-state index in [-0.39, 0.29) is 18.6 Å². The zero-order valence-corrected chi connectivity index (χ0v) is 12.7. The van der Waals surface area contributed by atoms with E-state index in [9.17, 15) is 9.90 Å². The van der Waals surface area contributed by atoms with E-state index in [1.807, 2.05) is 24.3 Å². The second kappa shape index (κ2) is 8.15. The van der Waals surface area contributed by atoms with Gasteiger partial charge in [-0.1, -0.05) is 50.5 Å². The molecule has 0 saturated heterocycles. The highest BCUT2D eigenvalue weighted by atomic mass is 16.5. The van der Waals surface area contributed by atoms with Gasteiger partial charge in [-0.3, -0.25) is 4.79 Å². The summed E-state index contributed by atoms with van der Waals surface area (Å²) >= 11 is 0. The van der Waals surface area contributed by atoms with E-state index in [4.69, 9.17) is 4.74 Å². The second-order valence-corrected chi connectivity index (χ2v) is 5.63. The summed E-state index contributed by atoms with van der Waals surface area (Å²) in [6, 6.07) is 7.53. The number of amides is 1. The van der Waals surface area contributed by atoms with E-state index >= 15 is 0 Å². The normalized spacial score (nSPS) is 20.3. The van der Waals surface area contributed by atoms with Gasteiger partial charge in [-0.05, 0) is 17.5 Å². The Morgan fingerprint density at radius 1 is 1.33 bits per heavy atom. The van der Waals surface area contributed by atoms with Gasteiger partial charge in [0.1, 0.15) is 6.61 Å². The molecular formula is C17H25NO3. The van der Waals surface area contributed by atoms with Gasteiger partial charge in [0.05, 0.1) is 12.1 Å². The Balaban J connectivity index is 1.73. The van der Waals surface area contributed by atoms with Crippen molar-refractivity contribution in [2.75, 3.05) is 13.2 Å². The Kier molecular flexibility index (Phi) is 6.21. The van der Waals surface area contributed by atoms with Crippen LogP contribution in [0.25, 0.3) is 0 Å². The number of aliphatic hydroxyl groups excluding tert-OH is 1. The van der Waals surface area contributed by atoms with Gasteiger partial charge in [0, 0.05) is 13.0 Å². The van der Waals surface area contributed by atoms with Crippen LogP contribution < -0.4 is 5.32 Å². The first-order valence-corrected chi connectivity index (χ1v) is 7.85. The maximum Gasteiger partial charge on any atom is 0.246 e. The van der Waals surface area contributed by atoms with E-state index in [0.717, 1.165) is 24.0 Å². The van der Waals surface area contributed by atoms with Crippen LogP contribution in [-0.4, -0.2) is 30.3 Å². The minimum Gasteiger partial charge on any atom is -0.390 e. The van der Waals surface area contributed by atoms with Gasteiger partial charge < -0.3 is 15.2 Å². The number of ether oxygens (including phenoxy) is 1. The Morgan fingerprint density at radius 3 is 2.95 bits per heavy atom. The maximum absolute atomic E-state index is 11.9. The van der Waals surface area contributed by atoms with Gasteiger partial charge in [0.25, 0.3) is 0 Å². The quantitative estimate of drug-likeness (QED) is 0.723. The monoisotopic (exact) mass is 291 g/mol. The third kappa shape index (κ3) is 4.55. The fourth-order valence-corrected chi connectivity index (χ4v) is 2.76. The molecule has 4 nitrogen and oxygen atoms in total. The average Bonchev–Trinajstić information content (AvgIpc) is 2.79. The molecule has 0 heterocycles. The molecule has 2 unspecified atom stereocenters. The van der Waals surface area contributed by atoms with Crippen LogP contribution in [0.15, 0.2) is 24.3 Å². The summed E-state index contributed by atoms with van der Waals surface area (Å²) < 4.78 is 5.38. The molecule has 0 spiro atoms. The molecule has 21 heavy (non-hydrogen) atoms. The van der Waals surface area contributed by atoms with Crippen molar-refractivity contribution in [2.45, 2.75) is 51.2 Å². The molecule has 4 heteroatoms. The summed E-state index contributed by atoms with van der Waals surface area (Å²) in [7, 11) is 0. The molecule has 0 fully saturated rings. The fraction of sp³-hybridized carbons (Fsp3) is 0.588. The molecule has 1 aliphatic carbocycles. The van der Waals surface area contributed by atoms with Crippen LogP contribution in [0, 0.1) is 0 Å². The number of hydrogen-bond donors (Lipinski definition) is 2. The summed E-state index contributed by atoms with van der Waals surface area (Å²) in [5.41, 5.74) is 2.12. The smallest absolute Gasteiger partial charge is 0.246 e. The summed E-state index contributed by atoms with van der Waals surface area (Å²) in [4.78, 5) is 11.9. The summed E-state index contributed by atoms with van der Waals surface area (Å²) in [6.45, 7) is 2.85. The largest absolute Gasteiger partial charge is 0.390 e. The zero-order valence-electron chi connectivity index (χ0n) is 12.7. The van der Waals surface area contributed by atoms with E-state index in [1.165, 1.54) is 12.8 Å². The molecule has 2 N–H and O–H groups in total. The maximum atomic E-state index is 11.9. The average molecular weight is 291 g/mol. The molecule has 1 amide bonds. The molecule has 0 saturated carbocycles. The van der Waals surface area contributed by atoms with Crippen molar-refractivity contribution in [3.8, 4) is 0 Å². The van der Waals surface area contributed by atoms with Crippen LogP contribution in [0.4, 0.5) is 0 Å². The molecule has 0 bridgehead atoms. The lowest BCUT2D eigenvalue weighted by atomic mass is 10.1. The van der Waals surface area contributed by atoms with Crippen LogP contribution in [0.3, 0.4) is 0 Å². The summed E-state index contributed by atoms with van der Waals surface area (Å²) in [5, 5.41) is 12.9. The predicted octanol–water partition coefficient (Wildman–Crippen LogP) is 2.36. The lowest BCUT2D eigenvalue weighted by Gasteiger charge is -2.18. The van der Waals surface area contributed by atoms with Crippen LogP contribution >= 0.6 is 0 Å². The number of nitrogens with one attached hydrogen (secondary N) is 1. The molecule has 2 rings (SSSR count). The molecular weight excluding hydrogens is 266 g/mol. The van der Waals surface area contributed by atoms with Gasteiger partial charge in [-0.2, -0.15) is 0 Å². The van der Waals surface area contributed by atoms with Gasteiger partial charge >= 0.3 is 0 Å². The first kappa shape index (κ1) is 16.0. The van der Waals surface area contributed by atoms with Crippen molar-refractivity contribution < 1.29 is 14.6 Å². The minimum absolute atomic E-state index is 0.0670. The first-order chi connectivity index (χ1) is 10.2. The highest BCUT2D eigenvalue weighted by Crippen LogP contribution is 2.30. The highest BCUT2D eigenvalue weighted by molar-refractivity contribution is 5.78. The van der Waals surface area contributed by atoms with E-state index in [2.05, 4.69) is 12.2 Å². The third-order valence-corrected chi connectivity index (χ3v) is 3.90. The number of benzene rings is 1. The Morgan fingerprint density at radius 2 is 2.14 bits per heavy atom. The lowest BCUT2D eigenvalue weighted by molar-refractivity contribution is -0.127. The van der Waals surface area contributed by atoms with Crippen molar-refractivity contribution >= 4 is 5.91 Å². The molecule has 0 radical (unpaired) electrons. The number of hydrogen-bond acceptors (Lipinski definition) is 3. The molecule has 1 aromatic carbocycles. The Labute approximate surface area is 126 Å². The number of fused-ring (bicyclic) bond motifs is 1. The summed E-state index contributed by atoms with van der Waals surface area (Å²) in [6.07, 6.45) is 4.60. The van der Waals surface area contributed by atoms with Crippen molar-refractivity contribution in [1.29, 1.82) is 0 Å². The molecule has 2 atom stereocenters.